The van der Waals surface area contributed by atoms with Crippen LogP contribution < -0.4 is 9.78 Å². The Morgan fingerprint density at radius 1 is 0.846 bits per heavy atom. The second-order valence-corrected chi connectivity index (χ2v) is 8.05. The first-order valence-corrected chi connectivity index (χ1v) is 10.5. The Morgan fingerprint density at radius 3 is 2.27 bits per heavy atom. The van der Waals surface area contributed by atoms with Crippen molar-refractivity contribution in [3.8, 4) is 0 Å². The summed E-state index contributed by atoms with van der Waals surface area (Å²) in [4.78, 5) is 25.0. The van der Waals surface area contributed by atoms with Crippen LogP contribution in [0.25, 0.3) is 0 Å². The van der Waals surface area contributed by atoms with Crippen LogP contribution in [-0.4, -0.2) is 26.6 Å². The number of Topliss-reactive ketones (excluding diaryl/α,β-unsaturated/α-hetero) is 1. The van der Waals surface area contributed by atoms with Gasteiger partial charge < -0.3 is 0 Å². The molecule has 0 saturated carbocycles. The molecule has 0 aromatic heterocycles. The number of rotatable bonds is 6. The standard InChI is InChI=1S/C21H16ClNO2Se/c22-17-11-5-6-12-18(17)23-21(25)16-10-4-7-13-20(16)26-14-19(24)15-8-2-1-3-9-15/h1-13H,14H2,(H,23,25). The summed E-state index contributed by atoms with van der Waals surface area (Å²) in [5, 5.41) is 3.74. The molecule has 3 aromatic rings. The Morgan fingerprint density at radius 2 is 1.50 bits per heavy atom. The van der Waals surface area contributed by atoms with Gasteiger partial charge >= 0.3 is 164 Å². The number of hydrogen-bond acceptors (Lipinski definition) is 2. The molecule has 5 heteroatoms. The average molecular weight is 429 g/mol. The van der Waals surface area contributed by atoms with Gasteiger partial charge in [0.15, 0.2) is 0 Å². The zero-order chi connectivity index (χ0) is 18.4. The van der Waals surface area contributed by atoms with Crippen molar-refractivity contribution in [3.05, 3.63) is 95.0 Å². The third-order valence-corrected chi connectivity index (χ3v) is 6.29. The van der Waals surface area contributed by atoms with Crippen LogP contribution in [0.5, 0.6) is 0 Å². The van der Waals surface area contributed by atoms with Gasteiger partial charge in [0, 0.05) is 0 Å². The van der Waals surface area contributed by atoms with Crippen molar-refractivity contribution in [2.75, 3.05) is 5.32 Å². The molecule has 3 rings (SSSR count). The molecule has 1 N–H and O–H groups in total. The number of halogens is 1. The minimum atomic E-state index is -0.220. The molecule has 26 heavy (non-hydrogen) atoms. The Hall–Kier alpha value is -2.39. The van der Waals surface area contributed by atoms with E-state index in [1.165, 1.54) is 0 Å². The molecule has 0 bridgehead atoms. The van der Waals surface area contributed by atoms with Crippen molar-refractivity contribution in [1.82, 2.24) is 0 Å². The number of hydrogen-bond donors (Lipinski definition) is 1. The first-order valence-electron chi connectivity index (χ1n) is 8.01. The van der Waals surface area contributed by atoms with E-state index in [0.717, 1.165) is 4.46 Å². The van der Waals surface area contributed by atoms with E-state index in [2.05, 4.69) is 5.32 Å². The molecular formula is C21H16ClNO2Se. The number of nitrogens with one attached hydrogen (secondary N) is 1. The van der Waals surface area contributed by atoms with E-state index in [4.69, 9.17) is 11.6 Å². The van der Waals surface area contributed by atoms with E-state index < -0.39 is 0 Å². The molecule has 0 heterocycles. The number of para-hydroxylation sites is 1. The number of amides is 1. The molecule has 1 amide bonds. The molecule has 0 spiro atoms. The first-order chi connectivity index (χ1) is 12.6. The Labute approximate surface area is 163 Å². The van der Waals surface area contributed by atoms with Crippen molar-refractivity contribution < 1.29 is 9.59 Å². The van der Waals surface area contributed by atoms with Crippen molar-refractivity contribution in [1.29, 1.82) is 0 Å². The molecule has 0 aliphatic heterocycles. The maximum absolute atomic E-state index is 12.7. The van der Waals surface area contributed by atoms with Crippen LogP contribution in [-0.2, 0) is 0 Å². The van der Waals surface area contributed by atoms with Gasteiger partial charge in [-0.1, -0.05) is 0 Å². The van der Waals surface area contributed by atoms with Crippen LogP contribution in [0.4, 0.5) is 5.69 Å². The monoisotopic (exact) mass is 429 g/mol. The van der Waals surface area contributed by atoms with Crippen LogP contribution in [0.3, 0.4) is 0 Å². The van der Waals surface area contributed by atoms with Crippen molar-refractivity contribution in [2.24, 2.45) is 0 Å². The first kappa shape index (κ1) is 18.4. The molecular weight excluding hydrogens is 413 g/mol. The van der Waals surface area contributed by atoms with E-state index in [9.17, 15) is 9.59 Å². The van der Waals surface area contributed by atoms with Gasteiger partial charge in [-0.15, -0.1) is 0 Å². The summed E-state index contributed by atoms with van der Waals surface area (Å²) in [6.07, 6.45) is 0. The second-order valence-electron chi connectivity index (χ2n) is 5.51. The molecule has 0 fully saturated rings. The number of benzene rings is 3. The van der Waals surface area contributed by atoms with Crippen molar-refractivity contribution in [3.63, 3.8) is 0 Å². The van der Waals surface area contributed by atoms with Gasteiger partial charge in [0.2, 0.25) is 0 Å². The predicted molar refractivity (Wildman–Crippen MR) is 107 cm³/mol. The Balaban J connectivity index is 1.73. The van der Waals surface area contributed by atoms with E-state index in [-0.39, 0.29) is 26.6 Å². The Kier molecular flexibility index (Phi) is 6.24. The number of ketones is 1. The van der Waals surface area contributed by atoms with Crippen molar-refractivity contribution in [2.45, 2.75) is 5.32 Å². The fourth-order valence-electron chi connectivity index (χ4n) is 2.38. The van der Waals surface area contributed by atoms with Gasteiger partial charge in [-0.3, -0.25) is 0 Å². The average Bonchev–Trinajstić information content (AvgIpc) is 2.68. The number of anilines is 1. The summed E-state index contributed by atoms with van der Waals surface area (Å²) in [6.45, 7) is 0. The topological polar surface area (TPSA) is 46.2 Å². The molecule has 0 atom stereocenters. The van der Waals surface area contributed by atoms with Crippen molar-refractivity contribution >= 4 is 48.4 Å². The van der Waals surface area contributed by atoms with Crippen LogP contribution in [0, 0.1) is 0 Å². The van der Waals surface area contributed by atoms with Crippen LogP contribution in [0.1, 0.15) is 20.7 Å². The fourth-order valence-corrected chi connectivity index (χ4v) is 4.55. The summed E-state index contributed by atoms with van der Waals surface area (Å²) in [7, 11) is 0. The fraction of sp³-hybridized carbons (Fsp3) is 0.0476. The molecule has 0 radical (unpaired) electrons. The van der Waals surface area contributed by atoms with Gasteiger partial charge in [-0.25, -0.2) is 0 Å². The van der Waals surface area contributed by atoms with Gasteiger partial charge in [0.1, 0.15) is 0 Å². The SMILES string of the molecule is O=C(C[Se]c1ccccc1C(=O)Nc1ccccc1Cl)c1ccccc1. The zero-order valence-electron chi connectivity index (χ0n) is 13.8. The molecule has 130 valence electrons. The number of carbonyl (C=O) groups excluding carboxylic acids is 2. The number of carbonyl (C=O) groups is 2. The van der Waals surface area contributed by atoms with Gasteiger partial charge in [-0.05, 0) is 0 Å². The summed E-state index contributed by atoms with van der Waals surface area (Å²) < 4.78 is 0.897. The van der Waals surface area contributed by atoms with E-state index in [0.29, 0.717) is 27.2 Å². The van der Waals surface area contributed by atoms with Gasteiger partial charge in [0.05, 0.1) is 0 Å². The van der Waals surface area contributed by atoms with Crippen LogP contribution in [0.15, 0.2) is 78.9 Å². The summed E-state index contributed by atoms with van der Waals surface area (Å²) in [5.74, 6) is -0.130. The summed E-state index contributed by atoms with van der Waals surface area (Å²) in [5.41, 5.74) is 1.85. The van der Waals surface area contributed by atoms with E-state index >= 15 is 0 Å². The van der Waals surface area contributed by atoms with E-state index in [1.54, 1.807) is 18.2 Å². The Bertz CT molecular complexity index is 928. The zero-order valence-corrected chi connectivity index (χ0v) is 16.3. The molecule has 0 unspecified atom stereocenters. The molecule has 0 aliphatic rings. The van der Waals surface area contributed by atoms with Crippen LogP contribution >= 0.6 is 11.6 Å². The quantitative estimate of drug-likeness (QED) is 0.472. The molecule has 3 nitrogen and oxygen atoms in total. The second kappa shape index (κ2) is 8.81. The maximum atomic E-state index is 12.7. The molecule has 0 saturated heterocycles. The predicted octanol–water partition coefficient (Wildman–Crippen LogP) is 4.22. The van der Waals surface area contributed by atoms with Crippen LogP contribution in [0.2, 0.25) is 10.3 Å². The third-order valence-electron chi connectivity index (χ3n) is 3.71. The minimum absolute atomic E-state index is 0.0897. The molecule has 0 aliphatic carbocycles. The third kappa shape index (κ3) is 4.61. The normalized spacial score (nSPS) is 10.3. The van der Waals surface area contributed by atoms with Gasteiger partial charge in [0.25, 0.3) is 0 Å². The van der Waals surface area contributed by atoms with E-state index in [1.807, 2.05) is 60.7 Å². The summed E-state index contributed by atoms with van der Waals surface area (Å²) >= 11 is 5.97. The summed E-state index contributed by atoms with van der Waals surface area (Å²) in [6, 6.07) is 23.7. The van der Waals surface area contributed by atoms with Gasteiger partial charge in [-0.2, -0.15) is 0 Å². The molecule has 3 aromatic carbocycles.